The number of benzene rings is 8. The molecule has 0 fully saturated rings. The van der Waals surface area contributed by atoms with Gasteiger partial charge in [-0.15, -0.1) is 0 Å². The molecule has 3 heteroatoms. The van der Waals surface area contributed by atoms with E-state index in [-0.39, 0.29) is 5.41 Å². The third-order valence-corrected chi connectivity index (χ3v) is 11.5. The molecule has 1 heterocycles. The monoisotopic (exact) mass is 731 g/mol. The highest BCUT2D eigenvalue weighted by atomic mass is 15.2. The molecule has 0 atom stereocenters. The molecule has 0 unspecified atom stereocenters. The van der Waals surface area contributed by atoms with Crippen LogP contribution in [-0.4, -0.2) is 4.98 Å². The minimum atomic E-state index is -0.0812. The molecule has 1 aromatic heterocycles. The van der Waals surface area contributed by atoms with Gasteiger partial charge < -0.3 is 4.90 Å². The molecule has 0 saturated heterocycles. The Bertz CT molecular complexity index is 2840. The summed E-state index contributed by atoms with van der Waals surface area (Å²) in [5.41, 5.74) is 15.4. The van der Waals surface area contributed by atoms with Crippen molar-refractivity contribution in [3.63, 3.8) is 0 Å². The minimum absolute atomic E-state index is 0.0812. The van der Waals surface area contributed by atoms with Gasteiger partial charge in [0.25, 0.3) is 0 Å². The van der Waals surface area contributed by atoms with Crippen molar-refractivity contribution in [2.75, 3.05) is 9.80 Å². The van der Waals surface area contributed by atoms with Gasteiger partial charge >= 0.3 is 0 Å². The zero-order valence-corrected chi connectivity index (χ0v) is 32.0. The molecule has 0 aliphatic heterocycles. The van der Waals surface area contributed by atoms with E-state index in [1.54, 1.807) is 0 Å². The first-order valence-electron chi connectivity index (χ1n) is 19.6. The molecule has 3 nitrogen and oxygen atoms in total. The van der Waals surface area contributed by atoms with Crippen LogP contribution >= 0.6 is 0 Å². The molecule has 8 aromatic carbocycles. The van der Waals surface area contributed by atoms with Crippen molar-refractivity contribution in [1.29, 1.82) is 0 Å². The molecule has 1 aliphatic carbocycles. The third-order valence-electron chi connectivity index (χ3n) is 11.5. The van der Waals surface area contributed by atoms with Crippen LogP contribution in [0.2, 0.25) is 0 Å². The summed E-state index contributed by atoms with van der Waals surface area (Å²) in [6.45, 7) is 4.68. The number of hydrogen-bond acceptors (Lipinski definition) is 3. The smallest absolute Gasteiger partial charge is 0.137 e. The lowest BCUT2D eigenvalue weighted by Crippen LogP contribution is -2.16. The number of hydrogen-bond donors (Lipinski definition) is 0. The van der Waals surface area contributed by atoms with Crippen LogP contribution in [0, 0.1) is 0 Å². The van der Waals surface area contributed by atoms with Crippen LogP contribution in [0.15, 0.2) is 212 Å². The van der Waals surface area contributed by atoms with Gasteiger partial charge in [-0.1, -0.05) is 153 Å². The number of fused-ring (bicyclic) bond motifs is 4. The molecule has 0 spiro atoms. The minimum Gasteiger partial charge on any atom is -0.310 e. The lowest BCUT2D eigenvalue weighted by atomic mass is 9.82. The Labute approximate surface area is 334 Å². The van der Waals surface area contributed by atoms with Crippen LogP contribution in [0.4, 0.5) is 34.3 Å². The summed E-state index contributed by atoms with van der Waals surface area (Å²) in [5.74, 6) is 0.858. The van der Waals surface area contributed by atoms with E-state index in [0.29, 0.717) is 0 Å². The number of pyridine rings is 1. The molecule has 1 aliphatic rings. The fourth-order valence-corrected chi connectivity index (χ4v) is 8.58. The number of nitrogens with zero attached hydrogens (tertiary/aromatic N) is 3. The van der Waals surface area contributed by atoms with Crippen LogP contribution in [0.5, 0.6) is 0 Å². The van der Waals surface area contributed by atoms with E-state index in [1.807, 2.05) is 6.20 Å². The van der Waals surface area contributed by atoms with E-state index < -0.39 is 0 Å². The first kappa shape index (κ1) is 34.3. The number of para-hydroxylation sites is 1. The van der Waals surface area contributed by atoms with E-state index in [1.165, 1.54) is 44.2 Å². The second-order valence-corrected chi connectivity index (χ2v) is 15.3. The Morgan fingerprint density at radius 3 is 1.67 bits per heavy atom. The molecule has 0 radical (unpaired) electrons. The van der Waals surface area contributed by atoms with E-state index >= 15 is 0 Å². The molecule has 0 N–H and O–H groups in total. The molecular weight excluding hydrogens is 691 g/mol. The predicted octanol–water partition coefficient (Wildman–Crippen LogP) is 14.8. The summed E-state index contributed by atoms with van der Waals surface area (Å²) < 4.78 is 0. The summed E-state index contributed by atoms with van der Waals surface area (Å²) in [5, 5.41) is 2.36. The summed E-state index contributed by atoms with van der Waals surface area (Å²) in [4.78, 5) is 9.75. The van der Waals surface area contributed by atoms with Crippen LogP contribution in [0.3, 0.4) is 0 Å². The zero-order valence-electron chi connectivity index (χ0n) is 32.0. The van der Waals surface area contributed by atoms with E-state index in [2.05, 4.69) is 230 Å². The maximum atomic E-state index is 5.13. The van der Waals surface area contributed by atoms with Gasteiger partial charge in [0.2, 0.25) is 0 Å². The molecule has 57 heavy (non-hydrogen) atoms. The standard InChI is InChI=1S/C54H41N3/c1-54(2)50-22-12-11-21-48(50)49-34-33-46(36-51(49)54)56(43-18-7-4-8-19-43)44-29-26-40(27-30-44)42-28-35-53(55-37-42)57(52-23-13-17-41-16-9-10-20-47(41)52)45-31-24-39(25-32-45)38-14-5-3-6-15-38/h3-37H,1-2H3. The molecule has 0 saturated carbocycles. The van der Waals surface area contributed by atoms with Crippen LogP contribution in [-0.2, 0) is 5.41 Å². The fraction of sp³-hybridized carbons (Fsp3) is 0.0556. The molecule has 0 amide bonds. The second kappa shape index (κ2) is 14.1. The maximum absolute atomic E-state index is 5.13. The maximum Gasteiger partial charge on any atom is 0.137 e. The van der Waals surface area contributed by atoms with Gasteiger partial charge in [0.15, 0.2) is 0 Å². The van der Waals surface area contributed by atoms with E-state index in [4.69, 9.17) is 4.98 Å². The van der Waals surface area contributed by atoms with Gasteiger partial charge in [-0.25, -0.2) is 4.98 Å². The molecule has 9 aromatic rings. The van der Waals surface area contributed by atoms with Crippen molar-refractivity contribution in [3.05, 3.63) is 224 Å². The molecule has 10 rings (SSSR count). The summed E-state index contributed by atoms with van der Waals surface area (Å²) >= 11 is 0. The lowest BCUT2D eigenvalue weighted by molar-refractivity contribution is 0.660. The Hall–Kier alpha value is -7.23. The average Bonchev–Trinajstić information content (AvgIpc) is 3.50. The van der Waals surface area contributed by atoms with Crippen molar-refractivity contribution in [2.24, 2.45) is 0 Å². The first-order valence-corrected chi connectivity index (χ1v) is 19.6. The van der Waals surface area contributed by atoms with Crippen molar-refractivity contribution >= 4 is 45.0 Å². The average molecular weight is 732 g/mol. The summed E-state index contributed by atoms with van der Waals surface area (Å²) in [7, 11) is 0. The first-order chi connectivity index (χ1) is 28.0. The SMILES string of the molecule is CC1(C)c2ccccc2-c2ccc(N(c3ccccc3)c3ccc(-c4ccc(N(c5ccc(-c6ccccc6)cc5)c5cccc6ccccc56)nc4)cc3)cc21. The lowest BCUT2D eigenvalue weighted by Gasteiger charge is -2.28. The van der Waals surface area contributed by atoms with Crippen LogP contribution < -0.4 is 9.80 Å². The quantitative estimate of drug-likeness (QED) is 0.155. The summed E-state index contributed by atoms with van der Waals surface area (Å²) in [6.07, 6.45) is 2.00. The summed E-state index contributed by atoms with van der Waals surface area (Å²) in [6, 6.07) is 73.9. The van der Waals surface area contributed by atoms with Crippen molar-refractivity contribution in [1.82, 2.24) is 4.98 Å². The number of rotatable bonds is 8. The van der Waals surface area contributed by atoms with Gasteiger partial charge in [-0.05, 0) is 111 Å². The Morgan fingerprint density at radius 1 is 0.386 bits per heavy atom. The van der Waals surface area contributed by atoms with Gasteiger partial charge in [0.1, 0.15) is 5.82 Å². The van der Waals surface area contributed by atoms with Gasteiger partial charge in [0.05, 0.1) is 5.69 Å². The highest BCUT2D eigenvalue weighted by molar-refractivity contribution is 5.98. The topological polar surface area (TPSA) is 19.4 Å². The van der Waals surface area contributed by atoms with Crippen LogP contribution in [0.25, 0.3) is 44.2 Å². The van der Waals surface area contributed by atoms with Gasteiger partial charge in [-0.3, -0.25) is 4.90 Å². The molecular formula is C54H41N3. The number of aromatic nitrogens is 1. The highest BCUT2D eigenvalue weighted by Gasteiger charge is 2.35. The fourth-order valence-electron chi connectivity index (χ4n) is 8.58. The van der Waals surface area contributed by atoms with Crippen LogP contribution in [0.1, 0.15) is 25.0 Å². The Balaban J connectivity index is 0.993. The van der Waals surface area contributed by atoms with E-state index in [9.17, 15) is 0 Å². The normalized spacial score (nSPS) is 12.5. The molecule has 0 bridgehead atoms. The molecule has 272 valence electrons. The largest absolute Gasteiger partial charge is 0.310 e. The van der Waals surface area contributed by atoms with Gasteiger partial charge in [-0.2, -0.15) is 0 Å². The Morgan fingerprint density at radius 2 is 0.930 bits per heavy atom. The van der Waals surface area contributed by atoms with Gasteiger partial charge in [0, 0.05) is 45.3 Å². The van der Waals surface area contributed by atoms with E-state index in [0.717, 1.165) is 45.4 Å². The third kappa shape index (κ3) is 6.14. The van der Waals surface area contributed by atoms with Crippen molar-refractivity contribution in [2.45, 2.75) is 19.3 Å². The van der Waals surface area contributed by atoms with Crippen molar-refractivity contribution in [3.8, 4) is 33.4 Å². The second-order valence-electron chi connectivity index (χ2n) is 15.3. The van der Waals surface area contributed by atoms with Crippen molar-refractivity contribution < 1.29 is 0 Å². The predicted molar refractivity (Wildman–Crippen MR) is 240 cm³/mol. The highest BCUT2D eigenvalue weighted by Crippen LogP contribution is 2.50. The Kier molecular flexibility index (Phi) is 8.49. The number of anilines is 6. The zero-order chi connectivity index (χ0) is 38.3.